The van der Waals surface area contributed by atoms with Crippen molar-refractivity contribution in [1.29, 1.82) is 0 Å². The fourth-order valence-corrected chi connectivity index (χ4v) is 3.39. The molecule has 0 N–H and O–H groups in total. The van der Waals surface area contributed by atoms with Gasteiger partial charge in [0, 0.05) is 45.0 Å². The first-order valence-electron chi connectivity index (χ1n) is 8.47. The number of furan rings is 1. The number of rotatable bonds is 5. The van der Waals surface area contributed by atoms with Gasteiger partial charge in [-0.1, -0.05) is 12.2 Å². The largest absolute Gasteiger partial charge is 0.469 e. The molecular formula is C18H22N6O. The van der Waals surface area contributed by atoms with Gasteiger partial charge < -0.3 is 13.9 Å². The first-order chi connectivity index (χ1) is 12.1. The molecule has 1 fully saturated rings. The second-order valence-electron chi connectivity index (χ2n) is 6.68. The van der Waals surface area contributed by atoms with Gasteiger partial charge in [-0.3, -0.25) is 4.57 Å². The molecule has 0 radical (unpaired) electrons. The average molecular weight is 338 g/mol. The van der Waals surface area contributed by atoms with Crippen LogP contribution in [-0.4, -0.2) is 37.4 Å². The van der Waals surface area contributed by atoms with Crippen LogP contribution < -0.4 is 4.90 Å². The molecular weight excluding hydrogens is 316 g/mol. The van der Waals surface area contributed by atoms with Gasteiger partial charge in [-0.05, 0) is 25.5 Å². The van der Waals surface area contributed by atoms with Crippen LogP contribution in [0.2, 0.25) is 0 Å². The number of hydrogen-bond donors (Lipinski definition) is 0. The van der Waals surface area contributed by atoms with Gasteiger partial charge in [0.05, 0.1) is 6.26 Å². The van der Waals surface area contributed by atoms with Crippen LogP contribution in [0.1, 0.15) is 25.0 Å². The molecule has 0 aromatic carbocycles. The van der Waals surface area contributed by atoms with Crippen molar-refractivity contribution < 1.29 is 4.42 Å². The Labute approximate surface area is 146 Å². The van der Waals surface area contributed by atoms with Gasteiger partial charge in [0.15, 0.2) is 5.82 Å². The highest BCUT2D eigenvalue weighted by Gasteiger charge is 2.30. The molecule has 7 heteroatoms. The highest BCUT2D eigenvalue weighted by Crippen LogP contribution is 2.32. The molecule has 1 unspecified atom stereocenters. The lowest BCUT2D eigenvalue weighted by Crippen LogP contribution is -2.24. The molecule has 3 aromatic heterocycles. The maximum absolute atomic E-state index is 5.58. The SMILES string of the molecule is C=C(C)Cn1c(-c2nccn2C)nnc1N1CCC(c2ccco2)C1. The van der Waals surface area contributed by atoms with Gasteiger partial charge in [-0.25, -0.2) is 4.98 Å². The van der Waals surface area contributed by atoms with Gasteiger partial charge in [0.2, 0.25) is 11.8 Å². The topological polar surface area (TPSA) is 64.9 Å². The van der Waals surface area contributed by atoms with Crippen LogP contribution in [0.5, 0.6) is 0 Å². The molecule has 0 spiro atoms. The minimum atomic E-state index is 0.390. The lowest BCUT2D eigenvalue weighted by molar-refractivity contribution is 0.475. The molecule has 7 nitrogen and oxygen atoms in total. The summed E-state index contributed by atoms with van der Waals surface area (Å²) in [6, 6.07) is 3.99. The first-order valence-corrected chi connectivity index (χ1v) is 8.47. The number of aryl methyl sites for hydroxylation is 1. The van der Waals surface area contributed by atoms with Gasteiger partial charge in [-0.15, -0.1) is 10.2 Å². The van der Waals surface area contributed by atoms with Crippen molar-refractivity contribution in [2.24, 2.45) is 7.05 Å². The van der Waals surface area contributed by atoms with E-state index in [1.807, 2.05) is 36.9 Å². The third kappa shape index (κ3) is 2.86. The molecule has 1 aliphatic heterocycles. The molecule has 25 heavy (non-hydrogen) atoms. The van der Waals surface area contributed by atoms with Crippen LogP contribution in [0.25, 0.3) is 11.6 Å². The molecule has 1 atom stereocenters. The maximum Gasteiger partial charge on any atom is 0.227 e. The Morgan fingerprint density at radius 2 is 2.24 bits per heavy atom. The smallest absolute Gasteiger partial charge is 0.227 e. The summed E-state index contributed by atoms with van der Waals surface area (Å²) in [6.07, 6.45) is 6.47. The van der Waals surface area contributed by atoms with Crippen LogP contribution in [0.4, 0.5) is 5.95 Å². The normalized spacial score (nSPS) is 17.4. The molecule has 1 saturated heterocycles. The lowest BCUT2D eigenvalue weighted by Gasteiger charge is -2.19. The molecule has 3 aromatic rings. The van der Waals surface area contributed by atoms with E-state index in [2.05, 4.69) is 31.2 Å². The van der Waals surface area contributed by atoms with Gasteiger partial charge in [0.1, 0.15) is 5.76 Å². The van der Waals surface area contributed by atoms with E-state index in [-0.39, 0.29) is 0 Å². The quantitative estimate of drug-likeness (QED) is 0.669. The van der Waals surface area contributed by atoms with Gasteiger partial charge in [0.25, 0.3) is 0 Å². The first kappa shape index (κ1) is 15.7. The highest BCUT2D eigenvalue weighted by molar-refractivity contribution is 5.50. The summed E-state index contributed by atoms with van der Waals surface area (Å²) in [5.41, 5.74) is 1.05. The third-order valence-electron chi connectivity index (χ3n) is 4.60. The second-order valence-corrected chi connectivity index (χ2v) is 6.68. The monoisotopic (exact) mass is 338 g/mol. The summed E-state index contributed by atoms with van der Waals surface area (Å²) in [5, 5.41) is 8.91. The summed E-state index contributed by atoms with van der Waals surface area (Å²) < 4.78 is 9.64. The van der Waals surface area contributed by atoms with Crippen LogP contribution >= 0.6 is 0 Å². The minimum absolute atomic E-state index is 0.390. The zero-order valence-corrected chi connectivity index (χ0v) is 14.6. The molecule has 0 saturated carbocycles. The van der Waals surface area contributed by atoms with E-state index in [0.717, 1.165) is 48.4 Å². The minimum Gasteiger partial charge on any atom is -0.469 e. The summed E-state index contributed by atoms with van der Waals surface area (Å²) in [6.45, 7) is 8.56. The van der Waals surface area contributed by atoms with Crippen LogP contribution in [0.3, 0.4) is 0 Å². The van der Waals surface area contributed by atoms with E-state index in [0.29, 0.717) is 12.5 Å². The molecule has 0 aliphatic carbocycles. The number of imidazole rings is 1. The van der Waals surface area contributed by atoms with Crippen molar-refractivity contribution in [3.8, 4) is 11.6 Å². The van der Waals surface area contributed by atoms with Crippen LogP contribution in [-0.2, 0) is 13.6 Å². The Kier molecular flexibility index (Phi) is 3.91. The van der Waals surface area contributed by atoms with Crippen molar-refractivity contribution in [2.75, 3.05) is 18.0 Å². The number of anilines is 1. The summed E-state index contributed by atoms with van der Waals surface area (Å²) >= 11 is 0. The van der Waals surface area contributed by atoms with Gasteiger partial charge in [-0.2, -0.15) is 0 Å². The summed E-state index contributed by atoms with van der Waals surface area (Å²) in [7, 11) is 1.96. The zero-order chi connectivity index (χ0) is 17.4. The zero-order valence-electron chi connectivity index (χ0n) is 14.6. The molecule has 0 amide bonds. The van der Waals surface area contributed by atoms with Crippen molar-refractivity contribution in [1.82, 2.24) is 24.3 Å². The van der Waals surface area contributed by atoms with Gasteiger partial charge >= 0.3 is 0 Å². The van der Waals surface area contributed by atoms with E-state index in [1.165, 1.54) is 0 Å². The van der Waals surface area contributed by atoms with Crippen LogP contribution in [0.15, 0.2) is 47.4 Å². The molecule has 130 valence electrons. The van der Waals surface area contributed by atoms with E-state index in [9.17, 15) is 0 Å². The number of aromatic nitrogens is 5. The summed E-state index contributed by atoms with van der Waals surface area (Å²) in [4.78, 5) is 6.70. The molecule has 1 aliphatic rings. The van der Waals surface area contributed by atoms with Crippen molar-refractivity contribution in [2.45, 2.75) is 25.8 Å². The maximum atomic E-state index is 5.58. The Morgan fingerprint density at radius 3 is 2.92 bits per heavy atom. The fourth-order valence-electron chi connectivity index (χ4n) is 3.39. The predicted molar refractivity (Wildman–Crippen MR) is 95.3 cm³/mol. The van der Waals surface area contributed by atoms with Crippen molar-refractivity contribution >= 4 is 5.95 Å². The predicted octanol–water partition coefficient (Wildman–Crippen LogP) is 2.84. The lowest BCUT2D eigenvalue weighted by atomic mass is 10.1. The average Bonchev–Trinajstić information content (AvgIpc) is 3.33. The molecule has 4 heterocycles. The van der Waals surface area contributed by atoms with E-state index >= 15 is 0 Å². The third-order valence-corrected chi connectivity index (χ3v) is 4.60. The Hall–Kier alpha value is -2.83. The second kappa shape index (κ2) is 6.23. The van der Waals surface area contributed by atoms with E-state index < -0.39 is 0 Å². The highest BCUT2D eigenvalue weighted by atomic mass is 16.3. The van der Waals surface area contributed by atoms with Crippen molar-refractivity contribution in [3.05, 3.63) is 48.7 Å². The standard InChI is InChI=1S/C18H22N6O/c1-13(2)11-24-17(16-19-7-9-22(16)3)20-21-18(24)23-8-6-14(12-23)15-5-4-10-25-15/h4-5,7,9-10,14H,1,6,8,11-12H2,2-3H3. The number of nitrogens with zero attached hydrogens (tertiary/aromatic N) is 6. The number of allylic oxidation sites excluding steroid dienone is 1. The Balaban J connectivity index is 1.67. The van der Waals surface area contributed by atoms with E-state index in [4.69, 9.17) is 4.42 Å². The van der Waals surface area contributed by atoms with Crippen molar-refractivity contribution in [3.63, 3.8) is 0 Å². The summed E-state index contributed by atoms with van der Waals surface area (Å²) in [5.74, 6) is 3.88. The number of hydrogen-bond acceptors (Lipinski definition) is 5. The Morgan fingerprint density at radius 1 is 1.36 bits per heavy atom. The molecule has 4 rings (SSSR count). The fraction of sp³-hybridized carbons (Fsp3) is 0.389. The Bertz CT molecular complexity index is 875. The van der Waals surface area contributed by atoms with Crippen LogP contribution in [0, 0.1) is 0 Å². The molecule has 0 bridgehead atoms. The van der Waals surface area contributed by atoms with E-state index in [1.54, 1.807) is 12.5 Å².